The van der Waals surface area contributed by atoms with E-state index in [2.05, 4.69) is 36.1 Å². The predicted octanol–water partition coefficient (Wildman–Crippen LogP) is 2.74. The summed E-state index contributed by atoms with van der Waals surface area (Å²) in [6, 6.07) is 9.59. The first kappa shape index (κ1) is 11.1. The monoisotopic (exact) mass is 231 g/mol. The minimum Gasteiger partial charge on any atom is -0.391 e. The smallest absolute Gasteiger partial charge is 0.0743 e. The van der Waals surface area contributed by atoms with Gasteiger partial charge in [-0.15, -0.1) is 0 Å². The van der Waals surface area contributed by atoms with Crippen LogP contribution in [-0.2, 0) is 6.42 Å². The number of fused-ring (bicyclic) bond motifs is 1. The molecule has 1 aromatic rings. The molecule has 3 atom stereocenters. The number of aliphatic hydroxyl groups is 1. The number of hydrogen-bond acceptors (Lipinski definition) is 2. The first-order valence-electron chi connectivity index (χ1n) is 6.81. The van der Waals surface area contributed by atoms with E-state index < -0.39 is 0 Å². The standard InChI is InChI=1S/C15H21NO/c1-11-9-10-12-5-2-3-6-13(12)16(11)14-7-4-8-15(14)17/h2-3,5-6,11,14-15,17H,4,7-10H2,1H3/t11?,14-,15-/m0/s1. The lowest BCUT2D eigenvalue weighted by atomic mass is 9.94. The molecule has 2 heteroatoms. The van der Waals surface area contributed by atoms with Crippen LogP contribution < -0.4 is 4.90 Å². The highest BCUT2D eigenvalue weighted by Crippen LogP contribution is 2.36. The summed E-state index contributed by atoms with van der Waals surface area (Å²) in [7, 11) is 0. The lowest BCUT2D eigenvalue weighted by molar-refractivity contribution is 0.156. The van der Waals surface area contributed by atoms with Crippen LogP contribution in [0.4, 0.5) is 5.69 Å². The number of rotatable bonds is 1. The maximum absolute atomic E-state index is 10.1. The van der Waals surface area contributed by atoms with Gasteiger partial charge in [-0.05, 0) is 50.7 Å². The molecule has 0 spiro atoms. The average molecular weight is 231 g/mol. The summed E-state index contributed by atoms with van der Waals surface area (Å²) in [5.74, 6) is 0. The first-order chi connectivity index (χ1) is 8.27. The summed E-state index contributed by atoms with van der Waals surface area (Å²) in [5, 5.41) is 10.1. The van der Waals surface area contributed by atoms with Gasteiger partial charge < -0.3 is 10.0 Å². The van der Waals surface area contributed by atoms with Crippen LogP contribution in [0.3, 0.4) is 0 Å². The van der Waals surface area contributed by atoms with Crippen LogP contribution in [0.25, 0.3) is 0 Å². The van der Waals surface area contributed by atoms with Crippen LogP contribution in [0.1, 0.15) is 38.2 Å². The first-order valence-corrected chi connectivity index (χ1v) is 6.81. The number of aryl methyl sites for hydroxylation is 1. The van der Waals surface area contributed by atoms with E-state index in [1.54, 1.807) is 0 Å². The third kappa shape index (κ3) is 1.85. The predicted molar refractivity (Wildman–Crippen MR) is 70.3 cm³/mol. The van der Waals surface area contributed by atoms with Gasteiger partial charge in [0.1, 0.15) is 0 Å². The number of anilines is 1. The second kappa shape index (κ2) is 4.34. The zero-order chi connectivity index (χ0) is 11.8. The molecular weight excluding hydrogens is 210 g/mol. The van der Waals surface area contributed by atoms with Crippen molar-refractivity contribution in [2.24, 2.45) is 0 Å². The van der Waals surface area contributed by atoms with E-state index in [1.807, 2.05) is 0 Å². The molecule has 0 aromatic heterocycles. The van der Waals surface area contributed by atoms with Crippen LogP contribution in [0, 0.1) is 0 Å². The summed E-state index contributed by atoms with van der Waals surface area (Å²) in [4.78, 5) is 2.48. The SMILES string of the molecule is CC1CCc2ccccc2N1[C@H]1CCC[C@@H]1O. The van der Waals surface area contributed by atoms with E-state index in [9.17, 15) is 5.11 Å². The Bertz CT molecular complexity index is 404. The highest BCUT2D eigenvalue weighted by molar-refractivity contribution is 5.57. The minimum atomic E-state index is -0.136. The summed E-state index contributed by atoms with van der Waals surface area (Å²) in [6.45, 7) is 2.29. The van der Waals surface area contributed by atoms with E-state index in [4.69, 9.17) is 0 Å². The molecule has 0 amide bonds. The van der Waals surface area contributed by atoms with Gasteiger partial charge in [-0.3, -0.25) is 0 Å². The Labute approximate surface area is 103 Å². The second-order valence-electron chi connectivity index (χ2n) is 5.49. The summed E-state index contributed by atoms with van der Waals surface area (Å²) in [6.07, 6.45) is 5.52. The van der Waals surface area contributed by atoms with E-state index in [-0.39, 0.29) is 6.10 Å². The fraction of sp³-hybridized carbons (Fsp3) is 0.600. The third-order valence-electron chi connectivity index (χ3n) is 4.38. The van der Waals surface area contributed by atoms with Crippen LogP contribution in [0.5, 0.6) is 0 Å². The van der Waals surface area contributed by atoms with Crippen molar-refractivity contribution in [3.8, 4) is 0 Å². The molecule has 1 heterocycles. The summed E-state index contributed by atoms with van der Waals surface area (Å²) < 4.78 is 0. The normalized spacial score (nSPS) is 32.6. The Balaban J connectivity index is 1.97. The van der Waals surface area contributed by atoms with E-state index >= 15 is 0 Å². The van der Waals surface area contributed by atoms with Crippen LogP contribution >= 0.6 is 0 Å². The van der Waals surface area contributed by atoms with Crippen LogP contribution in [0.15, 0.2) is 24.3 Å². The fourth-order valence-electron chi connectivity index (χ4n) is 3.47. The van der Waals surface area contributed by atoms with Crippen molar-refractivity contribution in [1.29, 1.82) is 0 Å². The molecule has 2 nitrogen and oxygen atoms in total. The fourth-order valence-corrected chi connectivity index (χ4v) is 3.47. The van der Waals surface area contributed by atoms with Gasteiger partial charge in [-0.25, -0.2) is 0 Å². The molecular formula is C15H21NO. The molecule has 17 heavy (non-hydrogen) atoms. The molecule has 0 radical (unpaired) electrons. The number of nitrogens with zero attached hydrogens (tertiary/aromatic N) is 1. The second-order valence-corrected chi connectivity index (χ2v) is 5.49. The van der Waals surface area contributed by atoms with E-state index in [0.29, 0.717) is 12.1 Å². The van der Waals surface area contributed by atoms with Crippen LogP contribution in [0.2, 0.25) is 0 Å². The molecule has 92 valence electrons. The van der Waals surface area contributed by atoms with Gasteiger partial charge in [0.15, 0.2) is 0 Å². The summed E-state index contributed by atoms with van der Waals surface area (Å²) >= 11 is 0. The topological polar surface area (TPSA) is 23.5 Å². The van der Waals surface area contributed by atoms with Gasteiger partial charge in [-0.2, -0.15) is 0 Å². The minimum absolute atomic E-state index is 0.136. The maximum atomic E-state index is 10.1. The Hall–Kier alpha value is -1.02. The summed E-state index contributed by atoms with van der Waals surface area (Å²) in [5.41, 5.74) is 2.81. The van der Waals surface area contributed by atoms with Crippen molar-refractivity contribution in [3.05, 3.63) is 29.8 Å². The Kier molecular flexibility index (Phi) is 2.83. The van der Waals surface area contributed by atoms with Crippen molar-refractivity contribution in [3.63, 3.8) is 0 Å². The molecule has 3 rings (SSSR count). The van der Waals surface area contributed by atoms with E-state index in [1.165, 1.54) is 24.1 Å². The van der Waals surface area contributed by atoms with Crippen molar-refractivity contribution >= 4 is 5.69 Å². The van der Waals surface area contributed by atoms with Gasteiger partial charge in [0.2, 0.25) is 0 Å². The van der Waals surface area contributed by atoms with Gasteiger partial charge in [-0.1, -0.05) is 18.2 Å². The van der Waals surface area contributed by atoms with E-state index in [0.717, 1.165) is 19.3 Å². The molecule has 1 unspecified atom stereocenters. The lowest BCUT2D eigenvalue weighted by Crippen LogP contribution is -2.48. The molecule has 0 saturated heterocycles. The molecule has 1 aromatic carbocycles. The van der Waals surface area contributed by atoms with Gasteiger partial charge in [0.25, 0.3) is 0 Å². The van der Waals surface area contributed by atoms with Gasteiger partial charge in [0.05, 0.1) is 12.1 Å². The highest BCUT2D eigenvalue weighted by atomic mass is 16.3. The van der Waals surface area contributed by atoms with Crippen molar-refractivity contribution in [1.82, 2.24) is 0 Å². The zero-order valence-corrected chi connectivity index (χ0v) is 10.5. The Morgan fingerprint density at radius 2 is 2.00 bits per heavy atom. The molecule has 1 N–H and O–H groups in total. The number of benzene rings is 1. The average Bonchev–Trinajstić information content (AvgIpc) is 2.75. The zero-order valence-electron chi connectivity index (χ0n) is 10.5. The third-order valence-corrected chi connectivity index (χ3v) is 4.38. The quantitative estimate of drug-likeness (QED) is 0.803. The van der Waals surface area contributed by atoms with Crippen LogP contribution in [-0.4, -0.2) is 23.3 Å². The maximum Gasteiger partial charge on any atom is 0.0743 e. The van der Waals surface area contributed by atoms with Crippen molar-refractivity contribution in [2.75, 3.05) is 4.90 Å². The molecule has 1 aliphatic carbocycles. The van der Waals surface area contributed by atoms with Gasteiger partial charge >= 0.3 is 0 Å². The number of hydrogen-bond donors (Lipinski definition) is 1. The number of para-hydroxylation sites is 1. The molecule has 1 aliphatic heterocycles. The highest BCUT2D eigenvalue weighted by Gasteiger charge is 2.35. The largest absolute Gasteiger partial charge is 0.391 e. The molecule has 1 saturated carbocycles. The molecule has 2 aliphatic rings. The van der Waals surface area contributed by atoms with Crippen molar-refractivity contribution in [2.45, 2.75) is 57.2 Å². The lowest BCUT2D eigenvalue weighted by Gasteiger charge is -2.42. The van der Waals surface area contributed by atoms with Gasteiger partial charge in [0, 0.05) is 11.7 Å². The molecule has 0 bridgehead atoms. The Morgan fingerprint density at radius 1 is 1.18 bits per heavy atom. The van der Waals surface area contributed by atoms with Crippen molar-refractivity contribution < 1.29 is 5.11 Å². The Morgan fingerprint density at radius 3 is 2.76 bits per heavy atom. The number of aliphatic hydroxyl groups excluding tert-OH is 1. The molecule has 1 fully saturated rings.